The van der Waals surface area contributed by atoms with Crippen molar-refractivity contribution in [3.63, 3.8) is 0 Å². The first-order valence-electron chi connectivity index (χ1n) is 13.8. The summed E-state index contributed by atoms with van der Waals surface area (Å²) in [6.45, 7) is 1.91. The Morgan fingerprint density at radius 1 is 1.00 bits per heavy atom. The zero-order chi connectivity index (χ0) is 29.0. The molecule has 3 aromatic carbocycles. The van der Waals surface area contributed by atoms with Gasteiger partial charge in [-0.25, -0.2) is 14.6 Å². The molecule has 3 heterocycles. The van der Waals surface area contributed by atoms with Crippen LogP contribution < -0.4 is 5.56 Å². The number of benzene rings is 3. The maximum atomic E-state index is 13.8. The third kappa shape index (κ3) is 3.91. The number of rotatable bonds is 6. The summed E-state index contributed by atoms with van der Waals surface area (Å²) in [6, 6.07) is 22.1. The number of terminal acetylenes is 1. The van der Waals surface area contributed by atoms with E-state index in [-0.39, 0.29) is 11.6 Å². The van der Waals surface area contributed by atoms with Crippen molar-refractivity contribution in [2.75, 3.05) is 0 Å². The lowest BCUT2D eigenvalue weighted by molar-refractivity contribution is 0.435. The predicted molar refractivity (Wildman–Crippen MR) is 165 cm³/mol. The van der Waals surface area contributed by atoms with Crippen LogP contribution in [0.4, 0.5) is 0 Å². The van der Waals surface area contributed by atoms with Crippen molar-refractivity contribution in [3.05, 3.63) is 135 Å². The lowest BCUT2D eigenvalue weighted by Gasteiger charge is -2.35. The number of halogens is 1. The fourth-order valence-corrected chi connectivity index (χ4v) is 6.35. The zero-order valence-corrected chi connectivity index (χ0v) is 24.0. The topological polar surface area (TPSA) is 70.5 Å². The molecule has 206 valence electrons. The second-order valence-corrected chi connectivity index (χ2v) is 11.2. The molecule has 3 aromatic heterocycles. The van der Waals surface area contributed by atoms with Crippen LogP contribution in [-0.2, 0) is 12.6 Å². The summed E-state index contributed by atoms with van der Waals surface area (Å²) in [5, 5.41) is 6.28. The number of aryl methyl sites for hydroxylation is 1. The Kier molecular flexibility index (Phi) is 6.10. The van der Waals surface area contributed by atoms with Crippen LogP contribution in [0.15, 0.2) is 96.7 Å². The molecule has 1 aliphatic rings. The number of hydrogen-bond acceptors (Lipinski definition) is 4. The van der Waals surface area contributed by atoms with Gasteiger partial charge in [0.1, 0.15) is 12.7 Å². The first-order valence-corrected chi connectivity index (χ1v) is 14.2. The highest BCUT2D eigenvalue weighted by atomic mass is 35.5. The van der Waals surface area contributed by atoms with Crippen molar-refractivity contribution in [3.8, 4) is 23.5 Å². The van der Waals surface area contributed by atoms with Gasteiger partial charge < -0.3 is 9.13 Å². The third-order valence-corrected chi connectivity index (χ3v) is 8.55. The summed E-state index contributed by atoms with van der Waals surface area (Å²) in [6.07, 6.45) is 14.7. The second kappa shape index (κ2) is 9.86. The van der Waals surface area contributed by atoms with Crippen LogP contribution in [0.1, 0.15) is 46.8 Å². The summed E-state index contributed by atoms with van der Waals surface area (Å²) >= 11 is 6.37. The third-order valence-electron chi connectivity index (χ3n) is 8.30. The Balaban J connectivity index is 1.63. The molecule has 0 bridgehead atoms. The molecule has 1 fully saturated rings. The minimum atomic E-state index is -0.951. The van der Waals surface area contributed by atoms with E-state index in [1.54, 1.807) is 12.7 Å². The minimum absolute atomic E-state index is 0.0331. The molecule has 8 heteroatoms. The minimum Gasteiger partial charge on any atom is -0.335 e. The molecule has 1 unspecified atom stereocenters. The standard InChI is InChI=1S/C34H27ClN6O/c1-4-23-6-5-7-24(16-23)32-22(2)33(42)41(28-13-14-28)30-15-10-26(17-29(30)32)34(40-21-37-19-38-40,31-18-36-20-39(31)3)25-8-11-27(35)12-9-25/h1,5-12,15-21,28H,13-14H2,2-3H3. The molecular weight excluding hydrogens is 544 g/mol. The Bertz CT molecular complexity index is 2060. The molecule has 0 N–H and O–H groups in total. The average molecular weight is 571 g/mol. The summed E-state index contributed by atoms with van der Waals surface area (Å²) in [5.41, 5.74) is 5.96. The molecule has 0 aliphatic heterocycles. The van der Waals surface area contributed by atoms with Gasteiger partial charge in [-0.1, -0.05) is 47.9 Å². The highest BCUT2D eigenvalue weighted by Crippen LogP contribution is 2.44. The average Bonchev–Trinajstić information content (AvgIpc) is 3.50. The van der Waals surface area contributed by atoms with Gasteiger partial charge in [0.15, 0.2) is 5.54 Å². The van der Waals surface area contributed by atoms with Crippen LogP contribution in [0, 0.1) is 19.3 Å². The fourth-order valence-electron chi connectivity index (χ4n) is 6.22. The summed E-state index contributed by atoms with van der Waals surface area (Å²) in [5.74, 6) is 2.74. The van der Waals surface area contributed by atoms with Gasteiger partial charge in [0.2, 0.25) is 0 Å². The fraction of sp³-hybridized carbons (Fsp3) is 0.176. The van der Waals surface area contributed by atoms with E-state index in [0.29, 0.717) is 10.6 Å². The maximum Gasteiger partial charge on any atom is 0.254 e. The van der Waals surface area contributed by atoms with Crippen LogP contribution in [0.2, 0.25) is 5.02 Å². The van der Waals surface area contributed by atoms with Crippen molar-refractivity contribution in [1.82, 2.24) is 28.9 Å². The lowest BCUT2D eigenvalue weighted by atomic mass is 9.79. The first-order chi connectivity index (χ1) is 20.4. The number of hydrogen-bond donors (Lipinski definition) is 0. The SMILES string of the molecule is C#Cc1cccc(-c2c(C)c(=O)n(C3CC3)c3ccc(C(c4ccc(Cl)cc4)(c4cncn4C)n4cncn4)cc23)c1. The van der Waals surface area contributed by atoms with Gasteiger partial charge >= 0.3 is 0 Å². The van der Waals surface area contributed by atoms with E-state index in [0.717, 1.165) is 57.3 Å². The Morgan fingerprint density at radius 2 is 1.79 bits per heavy atom. The largest absolute Gasteiger partial charge is 0.335 e. The molecule has 7 rings (SSSR count). The Hall–Kier alpha value is -4.93. The molecule has 0 spiro atoms. The van der Waals surface area contributed by atoms with Crippen LogP contribution in [0.5, 0.6) is 0 Å². The number of aromatic nitrogens is 6. The Morgan fingerprint density at radius 3 is 2.45 bits per heavy atom. The van der Waals surface area contributed by atoms with Gasteiger partial charge in [-0.2, -0.15) is 5.10 Å². The van der Waals surface area contributed by atoms with Crippen molar-refractivity contribution in [1.29, 1.82) is 0 Å². The number of imidazole rings is 1. The van der Waals surface area contributed by atoms with E-state index in [2.05, 4.69) is 39.2 Å². The highest BCUT2D eigenvalue weighted by Gasteiger charge is 2.42. The smallest absolute Gasteiger partial charge is 0.254 e. The molecule has 0 saturated heterocycles. The normalized spacial score (nSPS) is 14.5. The summed E-state index contributed by atoms with van der Waals surface area (Å²) < 4.78 is 5.82. The molecule has 7 nitrogen and oxygen atoms in total. The van der Waals surface area contributed by atoms with E-state index < -0.39 is 5.54 Å². The van der Waals surface area contributed by atoms with Crippen LogP contribution >= 0.6 is 11.6 Å². The summed E-state index contributed by atoms with van der Waals surface area (Å²) in [7, 11) is 1.97. The molecule has 1 aliphatic carbocycles. The molecule has 42 heavy (non-hydrogen) atoms. The van der Waals surface area contributed by atoms with Gasteiger partial charge in [0, 0.05) is 34.6 Å². The van der Waals surface area contributed by atoms with Gasteiger partial charge in [0.25, 0.3) is 5.56 Å². The molecule has 0 radical (unpaired) electrons. The zero-order valence-electron chi connectivity index (χ0n) is 23.2. The summed E-state index contributed by atoms with van der Waals surface area (Å²) in [4.78, 5) is 22.7. The van der Waals surface area contributed by atoms with Crippen molar-refractivity contribution < 1.29 is 0 Å². The molecule has 1 atom stereocenters. The molecule has 0 amide bonds. The van der Waals surface area contributed by atoms with Gasteiger partial charge in [-0.15, -0.1) is 6.42 Å². The maximum absolute atomic E-state index is 13.8. The van der Waals surface area contributed by atoms with E-state index in [9.17, 15) is 4.79 Å². The van der Waals surface area contributed by atoms with Crippen LogP contribution in [0.3, 0.4) is 0 Å². The van der Waals surface area contributed by atoms with Crippen LogP contribution in [-0.4, -0.2) is 28.9 Å². The second-order valence-electron chi connectivity index (χ2n) is 10.8. The molecular formula is C34H27ClN6O. The predicted octanol–water partition coefficient (Wildman–Crippen LogP) is 6.11. The quantitative estimate of drug-likeness (QED) is 0.226. The highest BCUT2D eigenvalue weighted by molar-refractivity contribution is 6.30. The monoisotopic (exact) mass is 570 g/mol. The molecule has 1 saturated carbocycles. The van der Waals surface area contributed by atoms with Gasteiger partial charge in [0.05, 0.1) is 23.7 Å². The van der Waals surface area contributed by atoms with Crippen LogP contribution in [0.25, 0.3) is 22.0 Å². The van der Waals surface area contributed by atoms with E-state index in [4.69, 9.17) is 18.0 Å². The first kappa shape index (κ1) is 26.0. The number of fused-ring (bicyclic) bond motifs is 1. The van der Waals surface area contributed by atoms with Crippen molar-refractivity contribution in [2.24, 2.45) is 7.05 Å². The number of pyridine rings is 1. The van der Waals surface area contributed by atoms with E-state index in [1.807, 2.05) is 82.5 Å². The number of nitrogens with zero attached hydrogens (tertiary/aromatic N) is 6. The van der Waals surface area contributed by atoms with Crippen molar-refractivity contribution >= 4 is 22.5 Å². The van der Waals surface area contributed by atoms with E-state index >= 15 is 0 Å². The van der Waals surface area contributed by atoms with Crippen molar-refractivity contribution in [2.45, 2.75) is 31.3 Å². The van der Waals surface area contributed by atoms with Gasteiger partial charge in [-0.05, 0) is 78.4 Å². The molecule has 6 aromatic rings. The lowest BCUT2D eigenvalue weighted by Crippen LogP contribution is -2.40. The van der Waals surface area contributed by atoms with Gasteiger partial charge in [-0.3, -0.25) is 4.79 Å². The Labute approximate surface area is 248 Å². The van der Waals surface area contributed by atoms with E-state index in [1.165, 1.54) is 6.33 Å².